The lowest BCUT2D eigenvalue weighted by molar-refractivity contribution is -0.116. The average molecular weight is 427 g/mol. The van der Waals surface area contributed by atoms with Gasteiger partial charge in [0.05, 0.1) is 29.1 Å². The monoisotopic (exact) mass is 427 g/mol. The summed E-state index contributed by atoms with van der Waals surface area (Å²) in [5.74, 6) is 0.122. The second-order valence-electron chi connectivity index (χ2n) is 7.66. The molecule has 0 aliphatic heterocycles. The van der Waals surface area contributed by atoms with Crippen LogP contribution >= 0.6 is 0 Å². The number of anilines is 3. The van der Waals surface area contributed by atoms with Crippen molar-refractivity contribution in [3.8, 4) is 0 Å². The first-order valence-electron chi connectivity index (χ1n) is 10.1. The molecule has 0 saturated heterocycles. The minimum atomic E-state index is -0.322. The predicted octanol–water partition coefficient (Wildman–Crippen LogP) is 3.00. The van der Waals surface area contributed by atoms with Crippen LogP contribution in [-0.2, 0) is 25.4 Å². The Morgan fingerprint density at radius 2 is 1.97 bits per heavy atom. The van der Waals surface area contributed by atoms with E-state index < -0.39 is 0 Å². The smallest absolute Gasteiger partial charge is 0.261 e. The molecule has 5 rings (SSSR count). The van der Waals surface area contributed by atoms with Crippen molar-refractivity contribution >= 4 is 44.8 Å². The molecule has 0 atom stereocenters. The maximum absolute atomic E-state index is 13.3. The number of nitrogens with zero attached hydrogens (tertiary/aromatic N) is 5. The Balaban J connectivity index is 1.46. The first-order valence-corrected chi connectivity index (χ1v) is 10.1. The van der Waals surface area contributed by atoms with Crippen molar-refractivity contribution < 1.29 is 4.79 Å². The molecule has 3 heterocycles. The summed E-state index contributed by atoms with van der Waals surface area (Å²) in [7, 11) is 3.71. The highest BCUT2D eigenvalue weighted by molar-refractivity contribution is 5.96. The number of carbonyl (C=O) groups excluding carboxylic acids is 1. The Labute approximate surface area is 182 Å². The summed E-state index contributed by atoms with van der Waals surface area (Å²) in [6.07, 6.45) is 6.73. The third kappa shape index (κ3) is 3.60. The van der Waals surface area contributed by atoms with E-state index >= 15 is 0 Å². The lowest BCUT2D eigenvalue weighted by Crippen LogP contribution is -2.27. The Morgan fingerprint density at radius 3 is 2.78 bits per heavy atom. The molecule has 0 radical (unpaired) electrons. The van der Waals surface area contributed by atoms with Crippen LogP contribution in [0.3, 0.4) is 0 Å². The number of nitrogens with one attached hydrogen (secondary N) is 2. The van der Waals surface area contributed by atoms with Gasteiger partial charge >= 0.3 is 0 Å². The van der Waals surface area contributed by atoms with Crippen LogP contribution in [-0.4, -0.2) is 29.8 Å². The van der Waals surface area contributed by atoms with Gasteiger partial charge in [0, 0.05) is 37.6 Å². The van der Waals surface area contributed by atoms with Gasteiger partial charge in [-0.1, -0.05) is 12.1 Å². The van der Waals surface area contributed by atoms with Crippen LogP contribution in [0.2, 0.25) is 0 Å². The van der Waals surface area contributed by atoms with Gasteiger partial charge in [0.15, 0.2) is 5.82 Å². The van der Waals surface area contributed by atoms with Crippen LogP contribution in [0.25, 0.3) is 21.7 Å². The zero-order chi connectivity index (χ0) is 22.2. The fourth-order valence-corrected chi connectivity index (χ4v) is 3.77. The van der Waals surface area contributed by atoms with Crippen LogP contribution < -0.4 is 16.2 Å². The predicted molar refractivity (Wildman–Crippen MR) is 124 cm³/mol. The van der Waals surface area contributed by atoms with Crippen LogP contribution in [0.1, 0.15) is 0 Å². The van der Waals surface area contributed by atoms with Gasteiger partial charge in [-0.2, -0.15) is 5.10 Å². The lowest BCUT2D eigenvalue weighted by atomic mass is 10.1. The molecule has 3 aromatic heterocycles. The van der Waals surface area contributed by atoms with Crippen molar-refractivity contribution in [3.63, 3.8) is 0 Å². The highest BCUT2D eigenvalue weighted by Gasteiger charge is 2.12. The molecular formula is C23H21N7O2. The van der Waals surface area contributed by atoms with Crippen LogP contribution in [0.4, 0.5) is 17.2 Å². The number of carbonyl (C=O) groups is 1. The molecule has 1 amide bonds. The number of hydrogen-bond acceptors (Lipinski definition) is 5. The summed E-state index contributed by atoms with van der Waals surface area (Å²) in [4.78, 5) is 29.8. The van der Waals surface area contributed by atoms with Gasteiger partial charge in [0.25, 0.3) is 5.56 Å². The molecular weight excluding hydrogens is 406 g/mol. The molecule has 0 aliphatic rings. The van der Waals surface area contributed by atoms with Gasteiger partial charge in [-0.15, -0.1) is 0 Å². The minimum Gasteiger partial charge on any atom is -0.355 e. The third-order valence-electron chi connectivity index (χ3n) is 5.32. The third-order valence-corrected chi connectivity index (χ3v) is 5.32. The van der Waals surface area contributed by atoms with Crippen LogP contribution in [0.15, 0.2) is 72.2 Å². The molecule has 9 heteroatoms. The quantitative estimate of drug-likeness (QED) is 0.449. The van der Waals surface area contributed by atoms with Gasteiger partial charge in [-0.25, -0.2) is 4.98 Å². The van der Waals surface area contributed by atoms with Crippen molar-refractivity contribution in [2.45, 2.75) is 6.54 Å². The number of benzene rings is 2. The SMILES string of the molecule is Cn1cnc(NC(=O)Cn2ccc3cccc(Nc4ccc5c(cnn5C)c4)c3c2=O)c1. The molecule has 2 N–H and O–H groups in total. The van der Waals surface area contributed by atoms with Crippen LogP contribution in [0, 0.1) is 0 Å². The molecule has 2 aromatic carbocycles. The number of hydrogen-bond donors (Lipinski definition) is 2. The Morgan fingerprint density at radius 1 is 1.09 bits per heavy atom. The number of fused-ring (bicyclic) bond motifs is 2. The summed E-state index contributed by atoms with van der Waals surface area (Å²) in [6.45, 7) is -0.110. The van der Waals surface area contributed by atoms with Gasteiger partial charge in [0.1, 0.15) is 6.54 Å². The molecule has 0 spiro atoms. The van der Waals surface area contributed by atoms with E-state index in [2.05, 4.69) is 20.7 Å². The molecule has 0 bridgehead atoms. The lowest BCUT2D eigenvalue weighted by Gasteiger charge is -2.12. The van der Waals surface area contributed by atoms with E-state index in [-0.39, 0.29) is 18.0 Å². The van der Waals surface area contributed by atoms with Gasteiger partial charge in [-0.05, 0) is 35.7 Å². The first kappa shape index (κ1) is 19.6. The van der Waals surface area contributed by atoms with Crippen LogP contribution in [0.5, 0.6) is 0 Å². The van der Waals surface area contributed by atoms with Crippen molar-refractivity contribution in [1.29, 1.82) is 0 Å². The molecule has 32 heavy (non-hydrogen) atoms. The number of aromatic nitrogens is 5. The van der Waals surface area contributed by atoms with E-state index in [0.717, 1.165) is 22.0 Å². The first-order chi connectivity index (χ1) is 15.5. The van der Waals surface area contributed by atoms with E-state index in [1.807, 2.05) is 61.2 Å². The molecule has 0 saturated carbocycles. The van der Waals surface area contributed by atoms with Gasteiger partial charge in [0.2, 0.25) is 5.91 Å². The fourth-order valence-electron chi connectivity index (χ4n) is 3.77. The van der Waals surface area contributed by atoms with Crippen molar-refractivity contribution in [3.05, 3.63) is 77.7 Å². The standard InChI is InChI=1S/C23H21N7O2/c1-28-12-20(24-14-28)27-21(31)13-30-9-8-15-4-3-5-18(22(15)23(30)32)26-17-6-7-19-16(10-17)11-25-29(19)2/h3-12,14,26H,13H2,1-2H3,(H,27,31). The Bertz CT molecular complexity index is 1530. The summed E-state index contributed by atoms with van der Waals surface area (Å²) >= 11 is 0. The summed E-state index contributed by atoms with van der Waals surface area (Å²) in [6, 6.07) is 13.4. The fraction of sp³-hybridized carbons (Fsp3) is 0.130. The molecule has 5 aromatic rings. The number of aryl methyl sites for hydroxylation is 2. The van der Waals surface area contributed by atoms with Crippen molar-refractivity contribution in [1.82, 2.24) is 23.9 Å². The molecule has 0 fully saturated rings. The highest BCUT2D eigenvalue weighted by atomic mass is 16.2. The van der Waals surface area contributed by atoms with E-state index in [1.54, 1.807) is 29.5 Å². The average Bonchev–Trinajstić information content (AvgIpc) is 3.35. The van der Waals surface area contributed by atoms with Gasteiger partial charge in [-0.3, -0.25) is 14.3 Å². The van der Waals surface area contributed by atoms with Crippen molar-refractivity contribution in [2.75, 3.05) is 10.6 Å². The molecule has 0 unspecified atom stereocenters. The van der Waals surface area contributed by atoms with Gasteiger partial charge < -0.3 is 19.8 Å². The number of amides is 1. The molecule has 0 aliphatic carbocycles. The number of rotatable bonds is 5. The van der Waals surface area contributed by atoms with E-state index in [1.165, 1.54) is 4.57 Å². The van der Waals surface area contributed by atoms with E-state index in [4.69, 9.17) is 0 Å². The maximum Gasteiger partial charge on any atom is 0.261 e. The maximum atomic E-state index is 13.3. The zero-order valence-electron chi connectivity index (χ0n) is 17.6. The van der Waals surface area contributed by atoms with E-state index in [0.29, 0.717) is 16.9 Å². The Kier molecular flexibility index (Phi) is 4.70. The minimum absolute atomic E-state index is 0.110. The molecule has 160 valence electrons. The highest BCUT2D eigenvalue weighted by Crippen LogP contribution is 2.26. The second-order valence-corrected chi connectivity index (χ2v) is 7.66. The summed E-state index contributed by atoms with van der Waals surface area (Å²) in [5, 5.41) is 12.6. The molecule has 9 nitrogen and oxygen atoms in total. The normalized spacial score (nSPS) is 11.2. The summed E-state index contributed by atoms with van der Waals surface area (Å²) < 4.78 is 4.94. The van der Waals surface area contributed by atoms with Crippen molar-refractivity contribution in [2.24, 2.45) is 14.1 Å². The zero-order valence-corrected chi connectivity index (χ0v) is 17.6. The summed E-state index contributed by atoms with van der Waals surface area (Å²) in [5.41, 5.74) is 2.30. The largest absolute Gasteiger partial charge is 0.355 e. The number of imidazole rings is 1. The topological polar surface area (TPSA) is 98.8 Å². The second kappa shape index (κ2) is 7.69. The Hall–Kier alpha value is -4.40. The van der Waals surface area contributed by atoms with E-state index in [9.17, 15) is 9.59 Å². The number of pyridine rings is 1.